The first-order valence-electron chi connectivity index (χ1n) is 4.98. The third kappa shape index (κ3) is 2.56. The molecule has 1 heterocycles. The summed E-state index contributed by atoms with van der Waals surface area (Å²) in [5.74, 6) is 4.92. The Balaban J connectivity index is 2.11. The number of hydrogen-bond acceptors (Lipinski definition) is 3. The van der Waals surface area contributed by atoms with Gasteiger partial charge in [-0.2, -0.15) is 5.10 Å². The Morgan fingerprint density at radius 3 is 2.75 bits per heavy atom. The molecule has 0 saturated heterocycles. The van der Waals surface area contributed by atoms with E-state index >= 15 is 0 Å². The Kier molecular flexibility index (Phi) is 3.48. The van der Waals surface area contributed by atoms with Crippen molar-refractivity contribution in [2.45, 2.75) is 0 Å². The van der Waals surface area contributed by atoms with Crippen molar-refractivity contribution in [3.63, 3.8) is 0 Å². The highest BCUT2D eigenvalue weighted by Crippen LogP contribution is 2.09. The van der Waals surface area contributed by atoms with E-state index in [1.165, 1.54) is 0 Å². The van der Waals surface area contributed by atoms with E-state index < -0.39 is 0 Å². The average molecular weight is 215 g/mol. The predicted molar refractivity (Wildman–Crippen MR) is 62.7 cm³/mol. The summed E-state index contributed by atoms with van der Waals surface area (Å²) in [7, 11) is 0. The maximum Gasteiger partial charge on any atom is 0.0864 e. The maximum absolute atomic E-state index is 4.92. The third-order valence-electron chi connectivity index (χ3n) is 2.16. The van der Waals surface area contributed by atoms with E-state index in [2.05, 4.69) is 9.94 Å². The van der Waals surface area contributed by atoms with Crippen LogP contribution < -0.4 is 5.90 Å². The van der Waals surface area contributed by atoms with E-state index in [0.717, 1.165) is 11.3 Å². The van der Waals surface area contributed by atoms with Gasteiger partial charge in [-0.3, -0.25) is 0 Å². The summed E-state index contributed by atoms with van der Waals surface area (Å²) in [5.41, 5.74) is 2.14. The Labute approximate surface area is 93.9 Å². The summed E-state index contributed by atoms with van der Waals surface area (Å²) < 4.78 is 1.82. The largest absolute Gasteiger partial charge is 0.300 e. The smallest absolute Gasteiger partial charge is 0.0864 e. The van der Waals surface area contributed by atoms with Crippen LogP contribution in [0.4, 0.5) is 0 Å². The molecule has 4 heteroatoms. The summed E-state index contributed by atoms with van der Waals surface area (Å²) >= 11 is 0. The Bertz CT molecular complexity index is 446. The van der Waals surface area contributed by atoms with E-state index in [-0.39, 0.29) is 0 Å². The van der Waals surface area contributed by atoms with Gasteiger partial charge >= 0.3 is 0 Å². The molecule has 1 aromatic carbocycles. The highest BCUT2D eigenvalue weighted by atomic mass is 16.6. The molecule has 0 saturated carbocycles. The van der Waals surface area contributed by atoms with Crippen LogP contribution in [0.25, 0.3) is 11.8 Å². The molecule has 1 aromatic heterocycles. The topological polar surface area (TPSA) is 53.1 Å². The normalized spacial score (nSPS) is 11.1. The van der Waals surface area contributed by atoms with Crippen LogP contribution in [-0.4, -0.2) is 16.4 Å². The van der Waals surface area contributed by atoms with Crippen LogP contribution in [0.15, 0.2) is 48.8 Å². The molecule has 0 spiro atoms. The molecule has 0 amide bonds. The molecule has 0 atom stereocenters. The lowest BCUT2D eigenvalue weighted by molar-refractivity contribution is 0.168. The maximum atomic E-state index is 4.92. The van der Waals surface area contributed by atoms with E-state index in [4.69, 9.17) is 5.90 Å². The zero-order valence-corrected chi connectivity index (χ0v) is 8.78. The molecular weight excluding hydrogens is 202 g/mol. The van der Waals surface area contributed by atoms with Gasteiger partial charge in [-0.25, -0.2) is 10.6 Å². The van der Waals surface area contributed by atoms with Gasteiger partial charge in [-0.15, -0.1) is 0 Å². The number of rotatable bonds is 4. The SMILES string of the molecule is NOC/C=C/c1ccc(-n2cccn2)cc1. The summed E-state index contributed by atoms with van der Waals surface area (Å²) in [6.07, 6.45) is 7.49. The zero-order chi connectivity index (χ0) is 11.2. The average Bonchev–Trinajstić information content (AvgIpc) is 2.84. The Morgan fingerprint density at radius 2 is 2.12 bits per heavy atom. The lowest BCUT2D eigenvalue weighted by Crippen LogP contribution is -1.97. The molecule has 0 aliphatic carbocycles. The zero-order valence-electron chi connectivity index (χ0n) is 8.78. The minimum atomic E-state index is 0.418. The first kappa shape index (κ1) is 10.6. The van der Waals surface area contributed by atoms with Crippen molar-refractivity contribution < 1.29 is 4.84 Å². The van der Waals surface area contributed by atoms with Gasteiger partial charge in [0.1, 0.15) is 0 Å². The fraction of sp³-hybridized carbons (Fsp3) is 0.0833. The molecule has 0 radical (unpaired) electrons. The highest BCUT2D eigenvalue weighted by Gasteiger charge is 1.94. The van der Waals surface area contributed by atoms with Gasteiger partial charge in [0.05, 0.1) is 12.3 Å². The second-order valence-electron chi connectivity index (χ2n) is 3.28. The van der Waals surface area contributed by atoms with Gasteiger partial charge in [0.25, 0.3) is 0 Å². The van der Waals surface area contributed by atoms with Gasteiger partial charge < -0.3 is 4.84 Å². The summed E-state index contributed by atoms with van der Waals surface area (Å²) in [6, 6.07) is 9.95. The van der Waals surface area contributed by atoms with Gasteiger partial charge in [0.2, 0.25) is 0 Å². The molecule has 0 unspecified atom stereocenters. The fourth-order valence-electron chi connectivity index (χ4n) is 1.40. The number of benzene rings is 1. The monoisotopic (exact) mass is 215 g/mol. The van der Waals surface area contributed by atoms with E-state index in [0.29, 0.717) is 6.61 Å². The highest BCUT2D eigenvalue weighted by molar-refractivity contribution is 5.51. The fourth-order valence-corrected chi connectivity index (χ4v) is 1.40. The van der Waals surface area contributed by atoms with Crippen LogP contribution >= 0.6 is 0 Å². The Morgan fingerprint density at radius 1 is 1.31 bits per heavy atom. The molecule has 16 heavy (non-hydrogen) atoms. The van der Waals surface area contributed by atoms with Crippen molar-refractivity contribution >= 4 is 6.08 Å². The second kappa shape index (κ2) is 5.25. The molecule has 82 valence electrons. The number of nitrogens with two attached hydrogens (primary N) is 1. The van der Waals surface area contributed by atoms with E-state index in [1.807, 2.05) is 53.4 Å². The Hall–Kier alpha value is -1.91. The number of nitrogens with zero attached hydrogens (tertiary/aromatic N) is 2. The molecule has 0 aliphatic heterocycles. The molecule has 0 fully saturated rings. The molecule has 2 rings (SSSR count). The van der Waals surface area contributed by atoms with Crippen molar-refractivity contribution in [1.82, 2.24) is 9.78 Å². The van der Waals surface area contributed by atoms with Gasteiger partial charge in [0.15, 0.2) is 0 Å². The molecule has 2 aromatic rings. The second-order valence-corrected chi connectivity index (χ2v) is 3.28. The lowest BCUT2D eigenvalue weighted by Gasteiger charge is -2.01. The van der Waals surface area contributed by atoms with Crippen LogP contribution in [0.1, 0.15) is 5.56 Å². The summed E-state index contributed by atoms with van der Waals surface area (Å²) in [6.45, 7) is 0.418. The molecule has 4 nitrogen and oxygen atoms in total. The van der Waals surface area contributed by atoms with Crippen LogP contribution in [0, 0.1) is 0 Å². The van der Waals surface area contributed by atoms with Crippen molar-refractivity contribution in [3.8, 4) is 5.69 Å². The summed E-state index contributed by atoms with van der Waals surface area (Å²) in [4.78, 5) is 4.45. The van der Waals surface area contributed by atoms with Crippen LogP contribution in [0.2, 0.25) is 0 Å². The van der Waals surface area contributed by atoms with E-state index in [9.17, 15) is 0 Å². The van der Waals surface area contributed by atoms with Crippen molar-refractivity contribution in [3.05, 3.63) is 54.4 Å². The molecular formula is C12H13N3O. The van der Waals surface area contributed by atoms with Crippen LogP contribution in [0.5, 0.6) is 0 Å². The molecule has 0 aliphatic rings. The van der Waals surface area contributed by atoms with Crippen LogP contribution in [0.3, 0.4) is 0 Å². The predicted octanol–water partition coefficient (Wildman–Crippen LogP) is 1.78. The minimum Gasteiger partial charge on any atom is -0.300 e. The van der Waals surface area contributed by atoms with Crippen molar-refractivity contribution in [2.75, 3.05) is 6.61 Å². The quantitative estimate of drug-likeness (QED) is 0.791. The first-order chi connectivity index (χ1) is 7.90. The van der Waals surface area contributed by atoms with Gasteiger partial charge in [-0.05, 0) is 23.8 Å². The first-order valence-corrected chi connectivity index (χ1v) is 4.98. The van der Waals surface area contributed by atoms with Crippen molar-refractivity contribution in [1.29, 1.82) is 0 Å². The third-order valence-corrected chi connectivity index (χ3v) is 2.16. The van der Waals surface area contributed by atoms with E-state index in [1.54, 1.807) is 6.20 Å². The number of hydrogen-bond donors (Lipinski definition) is 1. The van der Waals surface area contributed by atoms with Crippen molar-refractivity contribution in [2.24, 2.45) is 5.90 Å². The molecule has 0 bridgehead atoms. The lowest BCUT2D eigenvalue weighted by atomic mass is 10.2. The standard InChI is InChI=1S/C12H13N3O/c13-16-10-1-3-11-4-6-12(7-5-11)15-9-2-8-14-15/h1-9H,10,13H2/b3-1+. The van der Waals surface area contributed by atoms with Crippen LogP contribution in [-0.2, 0) is 4.84 Å². The number of aromatic nitrogens is 2. The van der Waals surface area contributed by atoms with Gasteiger partial charge in [-0.1, -0.05) is 24.3 Å². The molecule has 2 N–H and O–H groups in total. The van der Waals surface area contributed by atoms with Gasteiger partial charge in [0, 0.05) is 12.4 Å². The minimum absolute atomic E-state index is 0.418. The summed E-state index contributed by atoms with van der Waals surface area (Å²) in [5, 5.41) is 4.15.